The molecule has 188 valence electrons. The zero-order valence-electron chi connectivity index (χ0n) is 20.7. The maximum absolute atomic E-state index is 12.7. The largest absolute Gasteiger partial charge is 0.508 e. The van der Waals surface area contributed by atoms with Crippen molar-refractivity contribution in [3.63, 3.8) is 0 Å². The molecule has 0 saturated heterocycles. The third kappa shape index (κ3) is 7.70. The third-order valence-corrected chi connectivity index (χ3v) is 6.21. The molecule has 36 heavy (non-hydrogen) atoms. The summed E-state index contributed by atoms with van der Waals surface area (Å²) in [6.45, 7) is 0. The Morgan fingerprint density at radius 2 is 0.917 bits per heavy atom. The van der Waals surface area contributed by atoms with Gasteiger partial charge in [0.05, 0.1) is 0 Å². The van der Waals surface area contributed by atoms with Crippen molar-refractivity contribution in [3.8, 4) is 5.75 Å². The molecule has 0 bridgehead atoms. The van der Waals surface area contributed by atoms with Gasteiger partial charge < -0.3 is 20.0 Å². The minimum Gasteiger partial charge on any atom is -0.508 e. The second-order valence-electron chi connectivity index (χ2n) is 8.80. The Morgan fingerprint density at radius 3 is 1.28 bits per heavy atom. The van der Waals surface area contributed by atoms with Crippen molar-refractivity contribution in [1.82, 2.24) is 0 Å². The van der Waals surface area contributed by atoms with E-state index in [-0.39, 0.29) is 24.0 Å². The Hall–Kier alpha value is -4.13. The lowest BCUT2D eigenvalue weighted by Crippen LogP contribution is -2.26. The molecule has 0 atom stereocenters. The molecular formula is C29H32N2O5. The van der Waals surface area contributed by atoms with Crippen LogP contribution in [0.2, 0.25) is 0 Å². The number of anilines is 2. The van der Waals surface area contributed by atoms with E-state index in [2.05, 4.69) is 0 Å². The van der Waals surface area contributed by atoms with E-state index in [4.69, 9.17) is 5.11 Å². The minimum absolute atomic E-state index is 0.00149. The second-order valence-corrected chi connectivity index (χ2v) is 8.80. The molecule has 7 nitrogen and oxygen atoms in total. The van der Waals surface area contributed by atoms with E-state index in [1.165, 1.54) is 0 Å². The highest BCUT2D eigenvalue weighted by molar-refractivity contribution is 5.93. The van der Waals surface area contributed by atoms with Crippen LogP contribution in [0, 0.1) is 0 Å². The lowest BCUT2D eigenvalue weighted by atomic mass is 10.1. The van der Waals surface area contributed by atoms with Crippen LogP contribution in [0.5, 0.6) is 5.75 Å². The molecule has 0 saturated carbocycles. The predicted octanol–water partition coefficient (Wildman–Crippen LogP) is 4.60. The van der Waals surface area contributed by atoms with Gasteiger partial charge in [-0.15, -0.1) is 0 Å². The maximum Gasteiger partial charge on any atom is 0.303 e. The monoisotopic (exact) mass is 488 g/mol. The fourth-order valence-corrected chi connectivity index (χ4v) is 3.81. The molecule has 3 aromatic rings. The van der Waals surface area contributed by atoms with Crippen LogP contribution in [0.3, 0.4) is 0 Å². The molecule has 7 heteroatoms. The number of aryl methyl sites for hydroxylation is 3. The fraction of sp³-hybridized carbons (Fsp3) is 0.276. The highest BCUT2D eigenvalue weighted by Gasteiger charge is 2.13. The van der Waals surface area contributed by atoms with Gasteiger partial charge in [0.15, 0.2) is 0 Å². The molecule has 0 aromatic heterocycles. The van der Waals surface area contributed by atoms with Crippen LogP contribution in [0.1, 0.15) is 36.0 Å². The quantitative estimate of drug-likeness (QED) is 0.411. The molecule has 0 fully saturated rings. The van der Waals surface area contributed by atoms with Crippen molar-refractivity contribution in [2.75, 3.05) is 23.9 Å². The second kappa shape index (κ2) is 12.5. The van der Waals surface area contributed by atoms with Crippen LogP contribution in [0.15, 0.2) is 72.8 Å². The summed E-state index contributed by atoms with van der Waals surface area (Å²) in [6.07, 6.45) is 2.43. The van der Waals surface area contributed by atoms with E-state index in [0.717, 1.165) is 28.1 Å². The standard InChI is InChI=1S/C29H32N2O5/c1-30(28(34)19-10-23-7-16-26(32)17-8-23)24-12-3-21(4-13-24)9-18-27(33)31(2)25-14-5-22(6-15-25)11-20-29(35)36/h3-8,12-17,32H,9-11,18-20H2,1-2H3,(H,35,36). The van der Waals surface area contributed by atoms with E-state index in [1.807, 2.05) is 60.7 Å². The number of hydrogen-bond donors (Lipinski definition) is 2. The van der Waals surface area contributed by atoms with Crippen LogP contribution < -0.4 is 9.80 Å². The number of phenolic OH excluding ortho intramolecular Hbond substituents is 1. The topological polar surface area (TPSA) is 98.2 Å². The van der Waals surface area contributed by atoms with Crippen molar-refractivity contribution in [3.05, 3.63) is 89.5 Å². The number of nitrogens with zero attached hydrogens (tertiary/aromatic N) is 2. The number of amides is 2. The van der Waals surface area contributed by atoms with Crippen LogP contribution in [-0.2, 0) is 33.6 Å². The minimum atomic E-state index is -0.830. The van der Waals surface area contributed by atoms with Gasteiger partial charge in [-0.2, -0.15) is 0 Å². The zero-order chi connectivity index (χ0) is 26.1. The van der Waals surface area contributed by atoms with E-state index in [9.17, 15) is 19.5 Å². The van der Waals surface area contributed by atoms with Gasteiger partial charge in [-0.25, -0.2) is 0 Å². The first-order valence-corrected chi connectivity index (χ1v) is 11.9. The number of aromatic hydroxyl groups is 1. The molecule has 0 aliphatic heterocycles. The number of phenols is 1. The Balaban J connectivity index is 1.47. The average molecular weight is 489 g/mol. The zero-order valence-corrected chi connectivity index (χ0v) is 20.7. The van der Waals surface area contributed by atoms with Crippen molar-refractivity contribution >= 4 is 29.2 Å². The highest BCUT2D eigenvalue weighted by atomic mass is 16.4. The van der Waals surface area contributed by atoms with Gasteiger partial charge in [0.1, 0.15) is 5.75 Å². The first-order chi connectivity index (χ1) is 17.2. The summed E-state index contributed by atoms with van der Waals surface area (Å²) in [6, 6.07) is 21.9. The summed E-state index contributed by atoms with van der Waals surface area (Å²) in [5.41, 5.74) is 4.48. The van der Waals surface area contributed by atoms with Crippen LogP contribution in [-0.4, -0.2) is 42.1 Å². The Kier molecular flexibility index (Phi) is 9.22. The molecule has 0 radical (unpaired) electrons. The first-order valence-electron chi connectivity index (χ1n) is 11.9. The third-order valence-electron chi connectivity index (χ3n) is 6.21. The molecule has 0 aliphatic carbocycles. The summed E-state index contributed by atoms with van der Waals surface area (Å²) in [4.78, 5) is 39.2. The van der Waals surface area contributed by atoms with E-state index in [1.54, 1.807) is 36.0 Å². The SMILES string of the molecule is CN(C(=O)CCc1ccc(N(C)C(=O)CCc2ccc(O)cc2)cc1)c1ccc(CCC(=O)O)cc1. The summed E-state index contributed by atoms with van der Waals surface area (Å²) in [5.74, 6) is -0.636. The first kappa shape index (κ1) is 26.5. The molecular weight excluding hydrogens is 456 g/mol. The Bertz CT molecular complexity index is 1170. The predicted molar refractivity (Wildman–Crippen MR) is 140 cm³/mol. The van der Waals surface area contributed by atoms with E-state index in [0.29, 0.717) is 32.1 Å². The molecule has 3 aromatic carbocycles. The number of carboxylic acids is 1. The molecule has 2 N–H and O–H groups in total. The molecule has 2 amide bonds. The van der Waals surface area contributed by atoms with Crippen LogP contribution >= 0.6 is 0 Å². The number of carboxylic acid groups (broad SMARTS) is 1. The summed E-state index contributed by atoms with van der Waals surface area (Å²) >= 11 is 0. The number of carbonyl (C=O) groups excluding carboxylic acids is 2. The average Bonchev–Trinajstić information content (AvgIpc) is 2.89. The highest BCUT2D eigenvalue weighted by Crippen LogP contribution is 2.19. The normalized spacial score (nSPS) is 10.6. The molecule has 3 rings (SSSR count). The van der Waals surface area contributed by atoms with Crippen molar-refractivity contribution in [1.29, 1.82) is 0 Å². The molecule has 0 heterocycles. The smallest absolute Gasteiger partial charge is 0.303 e. The number of aliphatic carboxylic acids is 1. The Morgan fingerprint density at radius 1 is 0.583 bits per heavy atom. The molecule has 0 spiro atoms. The van der Waals surface area contributed by atoms with Crippen molar-refractivity contribution in [2.45, 2.75) is 38.5 Å². The number of carbonyl (C=O) groups is 3. The number of hydrogen-bond acceptors (Lipinski definition) is 4. The summed E-state index contributed by atoms with van der Waals surface area (Å²) in [5, 5.41) is 18.2. The Labute approximate surface area is 211 Å². The number of benzene rings is 3. The van der Waals surface area contributed by atoms with Crippen LogP contribution in [0.25, 0.3) is 0 Å². The fourth-order valence-electron chi connectivity index (χ4n) is 3.81. The lowest BCUT2D eigenvalue weighted by molar-refractivity contribution is -0.137. The number of rotatable bonds is 11. The van der Waals surface area contributed by atoms with Gasteiger partial charge >= 0.3 is 5.97 Å². The molecule has 0 aliphatic rings. The van der Waals surface area contributed by atoms with Crippen molar-refractivity contribution < 1.29 is 24.6 Å². The van der Waals surface area contributed by atoms with Gasteiger partial charge in [0, 0.05) is 44.7 Å². The van der Waals surface area contributed by atoms with Gasteiger partial charge in [-0.3, -0.25) is 14.4 Å². The maximum atomic E-state index is 12.7. The molecule has 0 unspecified atom stereocenters. The lowest BCUT2D eigenvalue weighted by Gasteiger charge is -2.19. The van der Waals surface area contributed by atoms with E-state index < -0.39 is 5.97 Å². The van der Waals surface area contributed by atoms with Crippen molar-refractivity contribution in [2.24, 2.45) is 0 Å². The van der Waals surface area contributed by atoms with Gasteiger partial charge in [-0.05, 0) is 72.4 Å². The van der Waals surface area contributed by atoms with Gasteiger partial charge in [0.2, 0.25) is 11.8 Å². The van der Waals surface area contributed by atoms with E-state index >= 15 is 0 Å². The van der Waals surface area contributed by atoms with Gasteiger partial charge in [-0.1, -0.05) is 36.4 Å². The van der Waals surface area contributed by atoms with Crippen LogP contribution in [0.4, 0.5) is 11.4 Å². The van der Waals surface area contributed by atoms with Gasteiger partial charge in [0.25, 0.3) is 0 Å². The summed E-state index contributed by atoms with van der Waals surface area (Å²) in [7, 11) is 3.48. The summed E-state index contributed by atoms with van der Waals surface area (Å²) < 4.78 is 0.